The average molecular weight is 1730 g/mol. The minimum Gasteiger partial charge on any atom is -0.543 e. The van der Waals surface area contributed by atoms with Gasteiger partial charge in [-0.25, -0.2) is 0 Å². The van der Waals surface area contributed by atoms with Crippen LogP contribution in [0.3, 0.4) is 0 Å². The fourth-order valence-electron chi connectivity index (χ4n) is 8.40. The monoisotopic (exact) mass is 1730 g/mol. The Bertz CT molecular complexity index is 3140. The van der Waals surface area contributed by atoms with Crippen molar-refractivity contribution in [3.63, 3.8) is 0 Å². The van der Waals surface area contributed by atoms with E-state index in [9.17, 15) is 79.2 Å². The molecule has 0 atom stereocenters. The number of aromatic carboxylic acids is 8. The van der Waals surface area contributed by atoms with Gasteiger partial charge in [0.1, 0.15) is 0 Å². The maximum absolute atomic E-state index is 10.8. The van der Waals surface area contributed by atoms with E-state index in [-0.39, 0.29) is 108 Å². The number of aromatic nitrogens is 8. The second kappa shape index (κ2) is 40.8. The van der Waals surface area contributed by atoms with Crippen molar-refractivity contribution in [2.75, 3.05) is 26.2 Å². The quantitative estimate of drug-likeness (QED) is 0.0469. The van der Waals surface area contributed by atoms with Crippen LogP contribution in [0.15, 0.2) is 146 Å². The van der Waals surface area contributed by atoms with E-state index in [2.05, 4.69) is 39.9 Å². The fraction of sp³-hybridized carbons (Fsp3) is 0.250. The van der Waals surface area contributed by atoms with Crippen LogP contribution >= 0.6 is 0 Å². The molecule has 0 aromatic carbocycles. The summed E-state index contributed by atoms with van der Waals surface area (Å²) < 4.78 is 0. The van der Waals surface area contributed by atoms with Gasteiger partial charge in [-0.1, -0.05) is 76.2 Å². The van der Waals surface area contributed by atoms with Crippen LogP contribution in [0.2, 0.25) is 0 Å². The van der Waals surface area contributed by atoms with Crippen LogP contribution in [0.5, 0.6) is 0 Å². The topological polar surface area (TPSA) is 437 Å². The average Bonchev–Trinajstić information content (AvgIpc) is 1.88. The molecule has 0 saturated heterocycles. The van der Waals surface area contributed by atoms with Gasteiger partial charge in [-0.3, -0.25) is 59.5 Å². The van der Waals surface area contributed by atoms with E-state index in [4.69, 9.17) is 0 Å². The first kappa shape index (κ1) is 79.1. The number of carboxylic acids is 8. The number of hydrogen-bond donors (Lipinski definition) is 0. The SMILES string of the molecule is CCN(Cc1cccc(C(=O)[O-])n1)Cc1cccc(C(=O)[O-])n1.CCN(Cc1cccc(C(=O)[O-])n1)Cc1cccc(C(=O)[O-])n1.CCN(Cc1cccc(C(=O)[O-])n1)Cc1cccc(C(=O)[O-])n1.CCN(Cc1cccc(C(=O)[O-])n1)Cc1cccc(C(=O)[O-])n1.[U+4].[U+4]. The predicted octanol–water partition coefficient (Wildman–Crippen LogP) is -3.10. The Morgan fingerprint density at radius 1 is 0.234 bits per heavy atom. The third kappa shape index (κ3) is 27.2. The molecule has 0 unspecified atom stereocenters. The molecule has 0 fully saturated rings. The summed E-state index contributed by atoms with van der Waals surface area (Å²) >= 11 is 0. The van der Waals surface area contributed by atoms with Crippen molar-refractivity contribution in [2.45, 2.75) is 80.1 Å². The second-order valence-electron chi connectivity index (χ2n) is 19.6. The number of pyridine rings is 8. The fourth-order valence-corrected chi connectivity index (χ4v) is 8.40. The van der Waals surface area contributed by atoms with Crippen molar-refractivity contribution in [1.82, 2.24) is 59.5 Å². The van der Waals surface area contributed by atoms with E-state index < -0.39 is 47.8 Å². The summed E-state index contributed by atoms with van der Waals surface area (Å²) in [6, 6.07) is 37.6. The maximum atomic E-state index is 10.8. The molecule has 8 aromatic heterocycles. The molecule has 94 heavy (non-hydrogen) atoms. The summed E-state index contributed by atoms with van der Waals surface area (Å²) in [5.41, 5.74) is 3.78. The van der Waals surface area contributed by atoms with Crippen molar-refractivity contribution in [2.24, 2.45) is 0 Å². The second-order valence-corrected chi connectivity index (χ2v) is 19.6. The summed E-state index contributed by atoms with van der Waals surface area (Å²) in [7, 11) is 0. The number of rotatable bonds is 28. The van der Waals surface area contributed by atoms with Gasteiger partial charge in [0.15, 0.2) is 0 Å². The Kier molecular flexibility index (Phi) is 34.3. The van der Waals surface area contributed by atoms with Crippen molar-refractivity contribution >= 4 is 47.8 Å². The van der Waals surface area contributed by atoms with E-state index in [0.717, 1.165) is 0 Å². The van der Waals surface area contributed by atoms with E-state index >= 15 is 0 Å². The molecule has 0 spiro atoms. The molecule has 0 aliphatic rings. The van der Waals surface area contributed by atoms with Gasteiger partial charge in [0.05, 0.1) is 139 Å². The van der Waals surface area contributed by atoms with Crippen LogP contribution in [0, 0.1) is 62.2 Å². The Hall–Kier alpha value is -9.10. The van der Waals surface area contributed by atoms with Crippen molar-refractivity contribution in [3.8, 4) is 0 Å². The first-order valence-electron chi connectivity index (χ1n) is 28.2. The van der Waals surface area contributed by atoms with Crippen LogP contribution in [0.1, 0.15) is 157 Å². The molecule has 0 saturated carbocycles. The zero-order valence-corrected chi connectivity index (χ0v) is 59.6. The summed E-state index contributed by atoms with van der Waals surface area (Å²) in [5.74, 6) is -10.6. The van der Waals surface area contributed by atoms with E-state index in [0.29, 0.717) is 124 Å². The minimum atomic E-state index is -1.32. The molecule has 480 valence electrons. The minimum absolute atomic E-state index is 0. The van der Waals surface area contributed by atoms with Crippen molar-refractivity contribution in [3.05, 3.63) is 237 Å². The Balaban J connectivity index is 0.000000325. The molecule has 0 aliphatic carbocycles. The predicted molar refractivity (Wildman–Crippen MR) is 308 cm³/mol. The maximum Gasteiger partial charge on any atom is 4.00 e. The van der Waals surface area contributed by atoms with Crippen molar-refractivity contribution in [1.29, 1.82) is 0 Å². The zero-order valence-electron chi connectivity index (χ0n) is 51.2. The molecule has 0 bridgehead atoms. The van der Waals surface area contributed by atoms with Crippen LogP contribution in [-0.2, 0) is 52.4 Å². The van der Waals surface area contributed by atoms with Crippen LogP contribution in [0.4, 0.5) is 0 Å². The van der Waals surface area contributed by atoms with Gasteiger partial charge < -0.3 is 79.2 Å². The molecule has 0 radical (unpaired) electrons. The molecule has 8 heterocycles. The third-order valence-corrected chi connectivity index (χ3v) is 13.0. The number of hydrogen-bond acceptors (Lipinski definition) is 28. The van der Waals surface area contributed by atoms with Crippen molar-refractivity contribution < 1.29 is 141 Å². The Morgan fingerprint density at radius 2 is 0.340 bits per heavy atom. The molecule has 8 aromatic rings. The molecular formula is C64H60N12O16U2. The molecule has 0 N–H and O–H groups in total. The van der Waals surface area contributed by atoms with Gasteiger partial charge in [-0.15, -0.1) is 0 Å². The van der Waals surface area contributed by atoms with E-state index in [1.54, 1.807) is 97.1 Å². The van der Waals surface area contributed by atoms with Gasteiger partial charge in [0, 0.05) is 52.4 Å². The Morgan fingerprint density at radius 3 is 0.426 bits per heavy atom. The van der Waals surface area contributed by atoms with Crippen LogP contribution in [0.25, 0.3) is 0 Å². The number of carbonyl (C=O) groups is 8. The van der Waals surface area contributed by atoms with Gasteiger partial charge >= 0.3 is 62.2 Å². The standard InChI is InChI=1S/4C16H17N3O4.2U/c4*1-2-19(9-11-5-3-7-13(17-11)15(20)21)10-12-6-4-8-14(18-12)16(22)23;;/h4*3-8H,2,9-10H2,1H3,(H,20,21)(H,22,23);;/q;;;;2*+4/p-8. The summed E-state index contributed by atoms with van der Waals surface area (Å²) in [4.78, 5) is 127. The smallest absolute Gasteiger partial charge is 0.543 e. The number of carboxylic acid groups (broad SMARTS) is 8. The van der Waals surface area contributed by atoms with Gasteiger partial charge in [0.25, 0.3) is 0 Å². The largest absolute Gasteiger partial charge is 4.00 e. The molecule has 28 nitrogen and oxygen atoms in total. The molecule has 0 aliphatic heterocycles. The van der Waals surface area contributed by atoms with Gasteiger partial charge in [-0.05, 0) is 123 Å². The van der Waals surface area contributed by atoms with E-state index in [1.165, 1.54) is 48.5 Å². The summed E-state index contributed by atoms with van der Waals surface area (Å²) in [6.45, 7) is 13.7. The third-order valence-electron chi connectivity index (χ3n) is 13.0. The first-order valence-corrected chi connectivity index (χ1v) is 28.2. The van der Waals surface area contributed by atoms with Crippen LogP contribution < -0.4 is 40.9 Å². The zero-order chi connectivity index (χ0) is 67.3. The van der Waals surface area contributed by atoms with Gasteiger partial charge in [0.2, 0.25) is 0 Å². The van der Waals surface area contributed by atoms with Gasteiger partial charge in [-0.2, -0.15) is 0 Å². The molecule has 30 heteroatoms. The summed E-state index contributed by atoms with van der Waals surface area (Å²) in [6.07, 6.45) is 0. The van der Waals surface area contributed by atoms with E-state index in [1.807, 2.05) is 47.3 Å². The molecular weight excluding hydrogens is 1670 g/mol. The number of nitrogens with zero attached hydrogens (tertiary/aromatic N) is 12. The molecule has 0 amide bonds. The van der Waals surface area contributed by atoms with Crippen LogP contribution in [-0.4, -0.2) is 133 Å². The normalized spacial score (nSPS) is 10.5. The summed E-state index contributed by atoms with van der Waals surface area (Å²) in [5, 5.41) is 86.7. The first-order chi connectivity index (χ1) is 44.0. The molecule has 8 rings (SSSR count). The number of carbonyl (C=O) groups excluding carboxylic acids is 8. The Labute approximate surface area is 587 Å².